The fourth-order valence-corrected chi connectivity index (χ4v) is 4.00. The van der Waals surface area contributed by atoms with Crippen LogP contribution < -0.4 is 0 Å². The minimum absolute atomic E-state index is 0.157. The first-order valence-corrected chi connectivity index (χ1v) is 11.3. The second kappa shape index (κ2) is 11.5. The van der Waals surface area contributed by atoms with Gasteiger partial charge in [0.1, 0.15) is 5.82 Å². The van der Waals surface area contributed by atoms with E-state index in [1.54, 1.807) is 6.07 Å². The molecule has 29 heavy (non-hydrogen) atoms. The number of aryl methyl sites for hydroxylation is 1. The van der Waals surface area contributed by atoms with Gasteiger partial charge in [-0.1, -0.05) is 88.8 Å². The summed E-state index contributed by atoms with van der Waals surface area (Å²) >= 11 is 0. The van der Waals surface area contributed by atoms with Gasteiger partial charge >= 0.3 is 0 Å². The van der Waals surface area contributed by atoms with Crippen LogP contribution in [0, 0.1) is 11.7 Å². The van der Waals surface area contributed by atoms with Crippen molar-refractivity contribution in [2.45, 2.75) is 71.5 Å². The lowest BCUT2D eigenvalue weighted by Gasteiger charge is -2.29. The smallest absolute Gasteiger partial charge is 0.183 e. The normalized spacial score (nSPS) is 19.4. The van der Waals surface area contributed by atoms with E-state index in [9.17, 15) is 4.39 Å². The molecule has 1 heterocycles. The van der Waals surface area contributed by atoms with Gasteiger partial charge < -0.3 is 9.47 Å². The van der Waals surface area contributed by atoms with Crippen LogP contribution in [0.4, 0.5) is 4.39 Å². The average Bonchev–Trinajstić information content (AvgIpc) is 2.75. The van der Waals surface area contributed by atoms with Crippen LogP contribution in [0.2, 0.25) is 0 Å². The van der Waals surface area contributed by atoms with Gasteiger partial charge in [-0.15, -0.1) is 0 Å². The molecule has 1 aliphatic heterocycles. The SMILES string of the molecule is CCCCCCCC1COC(c2ccc(-c3ccc(CCC)cc3F)cc2)OC1. The quantitative estimate of drug-likeness (QED) is 0.387. The minimum Gasteiger partial charge on any atom is -0.348 e. The zero-order valence-corrected chi connectivity index (χ0v) is 18.0. The Morgan fingerprint density at radius 2 is 1.59 bits per heavy atom. The van der Waals surface area contributed by atoms with Crippen molar-refractivity contribution in [1.82, 2.24) is 0 Å². The van der Waals surface area contributed by atoms with E-state index in [1.807, 2.05) is 36.4 Å². The van der Waals surface area contributed by atoms with Gasteiger partial charge in [-0.25, -0.2) is 4.39 Å². The molecule has 0 N–H and O–H groups in total. The maximum absolute atomic E-state index is 14.5. The molecule has 0 aromatic heterocycles. The first-order chi connectivity index (χ1) is 14.2. The largest absolute Gasteiger partial charge is 0.348 e. The molecular weight excluding hydrogens is 363 g/mol. The molecule has 0 aliphatic carbocycles. The Bertz CT molecular complexity index is 733. The molecule has 0 bridgehead atoms. The summed E-state index contributed by atoms with van der Waals surface area (Å²) in [7, 11) is 0. The molecule has 158 valence electrons. The fraction of sp³-hybridized carbons (Fsp3) is 0.538. The highest BCUT2D eigenvalue weighted by Crippen LogP contribution is 2.30. The van der Waals surface area contributed by atoms with Crippen LogP contribution in [-0.2, 0) is 15.9 Å². The molecule has 0 saturated carbocycles. The Kier molecular flexibility index (Phi) is 8.69. The number of unbranched alkanes of at least 4 members (excludes halogenated alkanes) is 4. The Morgan fingerprint density at radius 1 is 0.862 bits per heavy atom. The Morgan fingerprint density at radius 3 is 2.24 bits per heavy atom. The summed E-state index contributed by atoms with van der Waals surface area (Å²) in [6.45, 7) is 5.87. The summed E-state index contributed by atoms with van der Waals surface area (Å²) in [6, 6.07) is 13.5. The lowest BCUT2D eigenvalue weighted by Crippen LogP contribution is -2.27. The third kappa shape index (κ3) is 6.38. The van der Waals surface area contributed by atoms with Gasteiger partial charge in [-0.05, 0) is 30.0 Å². The number of hydrogen-bond donors (Lipinski definition) is 0. The second-order valence-electron chi connectivity index (χ2n) is 8.25. The van der Waals surface area contributed by atoms with Gasteiger partial charge in [-0.3, -0.25) is 0 Å². The molecule has 0 amide bonds. The van der Waals surface area contributed by atoms with Crippen molar-refractivity contribution in [3.8, 4) is 11.1 Å². The predicted octanol–water partition coefficient (Wildman–Crippen LogP) is 7.47. The van der Waals surface area contributed by atoms with Crippen LogP contribution in [-0.4, -0.2) is 13.2 Å². The van der Waals surface area contributed by atoms with Crippen LogP contribution in [0.1, 0.15) is 76.2 Å². The van der Waals surface area contributed by atoms with E-state index in [4.69, 9.17) is 9.47 Å². The van der Waals surface area contributed by atoms with E-state index in [0.717, 1.165) is 42.7 Å². The zero-order valence-electron chi connectivity index (χ0n) is 18.0. The van der Waals surface area contributed by atoms with Gasteiger partial charge in [0.2, 0.25) is 0 Å². The molecule has 2 aromatic rings. The van der Waals surface area contributed by atoms with E-state index in [2.05, 4.69) is 13.8 Å². The van der Waals surface area contributed by atoms with E-state index in [0.29, 0.717) is 11.5 Å². The van der Waals surface area contributed by atoms with Crippen LogP contribution in [0.15, 0.2) is 42.5 Å². The van der Waals surface area contributed by atoms with Crippen LogP contribution >= 0.6 is 0 Å². The topological polar surface area (TPSA) is 18.5 Å². The van der Waals surface area contributed by atoms with Gasteiger partial charge in [0.05, 0.1) is 13.2 Å². The Labute approximate surface area is 175 Å². The van der Waals surface area contributed by atoms with E-state index in [-0.39, 0.29) is 12.1 Å². The lowest BCUT2D eigenvalue weighted by molar-refractivity contribution is -0.206. The Hall–Kier alpha value is -1.71. The number of hydrogen-bond acceptors (Lipinski definition) is 2. The summed E-state index contributed by atoms with van der Waals surface area (Å²) < 4.78 is 26.4. The molecule has 1 aliphatic rings. The molecule has 2 aromatic carbocycles. The number of rotatable bonds is 10. The molecule has 2 nitrogen and oxygen atoms in total. The highest BCUT2D eigenvalue weighted by Gasteiger charge is 2.23. The first-order valence-electron chi connectivity index (χ1n) is 11.3. The summed E-state index contributed by atoms with van der Waals surface area (Å²) in [5.74, 6) is 0.346. The molecule has 1 fully saturated rings. The second-order valence-corrected chi connectivity index (χ2v) is 8.25. The van der Waals surface area contributed by atoms with Crippen LogP contribution in [0.3, 0.4) is 0 Å². The fourth-order valence-electron chi connectivity index (χ4n) is 4.00. The van der Waals surface area contributed by atoms with E-state index >= 15 is 0 Å². The third-order valence-electron chi connectivity index (χ3n) is 5.75. The summed E-state index contributed by atoms with van der Waals surface area (Å²) in [6.07, 6.45) is 9.34. The Balaban J connectivity index is 1.51. The molecule has 3 rings (SSSR count). The molecule has 1 saturated heterocycles. The molecule has 0 unspecified atom stereocenters. The van der Waals surface area contributed by atoms with Crippen molar-refractivity contribution in [2.75, 3.05) is 13.2 Å². The van der Waals surface area contributed by atoms with Gasteiger partial charge in [0.15, 0.2) is 6.29 Å². The number of ether oxygens (including phenoxy) is 2. The summed E-state index contributed by atoms with van der Waals surface area (Å²) in [5.41, 5.74) is 3.58. The molecule has 3 heteroatoms. The molecule has 0 spiro atoms. The maximum Gasteiger partial charge on any atom is 0.183 e. The van der Waals surface area contributed by atoms with E-state index in [1.165, 1.54) is 38.5 Å². The third-order valence-corrected chi connectivity index (χ3v) is 5.75. The standard InChI is InChI=1S/C26H35FO2/c1-3-5-6-7-8-10-21-18-28-26(29-19-21)23-14-12-22(13-15-23)24-16-11-20(9-4-2)17-25(24)27/h11-17,21,26H,3-10,18-19H2,1-2H3. The summed E-state index contributed by atoms with van der Waals surface area (Å²) in [4.78, 5) is 0. The zero-order chi connectivity index (χ0) is 20.5. The predicted molar refractivity (Wildman–Crippen MR) is 117 cm³/mol. The van der Waals surface area contributed by atoms with Gasteiger partial charge in [0, 0.05) is 17.0 Å². The van der Waals surface area contributed by atoms with Crippen molar-refractivity contribution < 1.29 is 13.9 Å². The number of benzene rings is 2. The van der Waals surface area contributed by atoms with Crippen LogP contribution in [0.25, 0.3) is 11.1 Å². The van der Waals surface area contributed by atoms with Crippen molar-refractivity contribution in [2.24, 2.45) is 5.92 Å². The summed E-state index contributed by atoms with van der Waals surface area (Å²) in [5, 5.41) is 0. The maximum atomic E-state index is 14.5. The molecule has 0 radical (unpaired) electrons. The van der Waals surface area contributed by atoms with Crippen molar-refractivity contribution in [3.05, 3.63) is 59.4 Å². The van der Waals surface area contributed by atoms with Crippen LogP contribution in [0.5, 0.6) is 0 Å². The van der Waals surface area contributed by atoms with Gasteiger partial charge in [0.25, 0.3) is 0 Å². The van der Waals surface area contributed by atoms with Crippen molar-refractivity contribution in [3.63, 3.8) is 0 Å². The molecular formula is C26H35FO2. The van der Waals surface area contributed by atoms with Gasteiger partial charge in [-0.2, -0.15) is 0 Å². The first kappa shape index (κ1) is 22.0. The monoisotopic (exact) mass is 398 g/mol. The minimum atomic E-state index is -0.308. The highest BCUT2D eigenvalue weighted by molar-refractivity contribution is 5.64. The van der Waals surface area contributed by atoms with Crippen molar-refractivity contribution in [1.29, 1.82) is 0 Å². The highest BCUT2D eigenvalue weighted by atomic mass is 19.1. The van der Waals surface area contributed by atoms with E-state index < -0.39 is 0 Å². The average molecular weight is 399 g/mol. The molecule has 0 atom stereocenters. The number of halogens is 1. The lowest BCUT2D eigenvalue weighted by atomic mass is 9.99. The van der Waals surface area contributed by atoms with Crippen molar-refractivity contribution >= 4 is 0 Å².